The predicted octanol–water partition coefficient (Wildman–Crippen LogP) is 3.39. The zero-order chi connectivity index (χ0) is 17.1. The van der Waals surface area contributed by atoms with E-state index >= 15 is 0 Å². The van der Waals surface area contributed by atoms with E-state index in [-0.39, 0.29) is 12.8 Å². The Morgan fingerprint density at radius 1 is 1.12 bits per heavy atom. The summed E-state index contributed by atoms with van der Waals surface area (Å²) in [5, 5.41) is 5.55. The Labute approximate surface area is 143 Å². The lowest BCUT2D eigenvalue weighted by atomic mass is 10.2. The molecule has 0 unspecified atom stereocenters. The highest BCUT2D eigenvalue weighted by atomic mass is 16.7. The SMILES string of the molecule is O=C(NCc1ccc(-c2ccoc2)nc1)Nc1ccc2c(c1)OCO2. The normalized spacial score (nSPS) is 12.0. The van der Waals surface area contributed by atoms with Crippen LogP contribution in [0, 0.1) is 0 Å². The molecule has 0 saturated carbocycles. The number of furan rings is 1. The van der Waals surface area contributed by atoms with Gasteiger partial charge < -0.3 is 24.5 Å². The van der Waals surface area contributed by atoms with Crippen LogP contribution in [-0.4, -0.2) is 17.8 Å². The van der Waals surface area contributed by atoms with E-state index in [0.29, 0.717) is 23.7 Å². The number of amides is 2. The molecule has 2 amide bonds. The van der Waals surface area contributed by atoms with Gasteiger partial charge in [-0.1, -0.05) is 6.07 Å². The largest absolute Gasteiger partial charge is 0.472 e. The minimum Gasteiger partial charge on any atom is -0.472 e. The molecule has 3 aromatic rings. The number of ether oxygens (including phenoxy) is 2. The molecule has 126 valence electrons. The van der Waals surface area contributed by atoms with Crippen LogP contribution in [-0.2, 0) is 6.54 Å². The molecule has 7 nitrogen and oxygen atoms in total. The molecular weight excluding hydrogens is 322 g/mol. The first kappa shape index (κ1) is 15.1. The number of urea groups is 1. The first-order chi connectivity index (χ1) is 12.3. The Morgan fingerprint density at radius 2 is 2.04 bits per heavy atom. The Kier molecular flexibility index (Phi) is 3.96. The van der Waals surface area contributed by atoms with Crippen molar-refractivity contribution in [3.63, 3.8) is 0 Å². The third kappa shape index (κ3) is 3.40. The fourth-order valence-electron chi connectivity index (χ4n) is 2.44. The molecule has 0 radical (unpaired) electrons. The molecule has 0 spiro atoms. The van der Waals surface area contributed by atoms with Crippen LogP contribution in [0.15, 0.2) is 59.5 Å². The van der Waals surface area contributed by atoms with Gasteiger partial charge in [0.25, 0.3) is 0 Å². The van der Waals surface area contributed by atoms with Crippen molar-refractivity contribution in [2.75, 3.05) is 12.1 Å². The van der Waals surface area contributed by atoms with Crippen molar-refractivity contribution in [2.45, 2.75) is 6.54 Å². The van der Waals surface area contributed by atoms with Gasteiger partial charge in [0, 0.05) is 30.1 Å². The standard InChI is InChI=1S/C18H15N3O4/c22-18(21-14-2-4-16-17(7-14)25-11-24-16)20-9-12-1-3-15(19-8-12)13-5-6-23-10-13/h1-8,10H,9,11H2,(H2,20,21,22). The van der Waals surface area contributed by atoms with Gasteiger partial charge in [0.1, 0.15) is 0 Å². The number of pyridine rings is 1. The first-order valence-electron chi connectivity index (χ1n) is 7.70. The van der Waals surface area contributed by atoms with Gasteiger partial charge >= 0.3 is 6.03 Å². The number of anilines is 1. The van der Waals surface area contributed by atoms with E-state index in [2.05, 4.69) is 15.6 Å². The summed E-state index contributed by atoms with van der Waals surface area (Å²) in [7, 11) is 0. The third-order valence-corrected chi connectivity index (χ3v) is 3.73. The van der Waals surface area contributed by atoms with Crippen molar-refractivity contribution in [1.29, 1.82) is 0 Å². The Morgan fingerprint density at radius 3 is 2.84 bits per heavy atom. The van der Waals surface area contributed by atoms with Crippen LogP contribution >= 0.6 is 0 Å². The molecule has 1 aliphatic rings. The number of fused-ring (bicyclic) bond motifs is 1. The van der Waals surface area contributed by atoms with E-state index < -0.39 is 0 Å². The minimum atomic E-state index is -0.308. The molecule has 0 bridgehead atoms. The van der Waals surface area contributed by atoms with Crippen LogP contribution < -0.4 is 20.1 Å². The number of hydrogen-bond donors (Lipinski definition) is 2. The smallest absolute Gasteiger partial charge is 0.319 e. The summed E-state index contributed by atoms with van der Waals surface area (Å²) in [6.07, 6.45) is 4.97. The van der Waals surface area contributed by atoms with Crippen LogP contribution in [0.4, 0.5) is 10.5 Å². The number of nitrogens with one attached hydrogen (secondary N) is 2. The number of carbonyl (C=O) groups excluding carboxylic acids is 1. The molecule has 1 aromatic carbocycles. The molecule has 0 saturated heterocycles. The molecule has 4 rings (SSSR count). The average Bonchev–Trinajstić information content (AvgIpc) is 3.32. The van der Waals surface area contributed by atoms with Crippen molar-refractivity contribution in [3.05, 3.63) is 60.7 Å². The van der Waals surface area contributed by atoms with Gasteiger partial charge in [-0.25, -0.2) is 4.79 Å². The third-order valence-electron chi connectivity index (χ3n) is 3.73. The van der Waals surface area contributed by atoms with Crippen LogP contribution in [0.2, 0.25) is 0 Å². The van der Waals surface area contributed by atoms with Crippen molar-refractivity contribution in [2.24, 2.45) is 0 Å². The van der Waals surface area contributed by atoms with E-state index in [1.807, 2.05) is 18.2 Å². The van der Waals surface area contributed by atoms with Crippen LogP contribution in [0.25, 0.3) is 11.3 Å². The van der Waals surface area contributed by atoms with Crippen LogP contribution in [0.1, 0.15) is 5.56 Å². The topological polar surface area (TPSA) is 85.6 Å². The molecule has 2 N–H and O–H groups in total. The molecule has 7 heteroatoms. The van der Waals surface area contributed by atoms with E-state index in [1.165, 1.54) is 0 Å². The van der Waals surface area contributed by atoms with Gasteiger partial charge in [-0.05, 0) is 29.8 Å². The van der Waals surface area contributed by atoms with Crippen molar-refractivity contribution < 1.29 is 18.7 Å². The molecule has 1 aliphatic heterocycles. The Bertz CT molecular complexity index is 876. The van der Waals surface area contributed by atoms with E-state index in [9.17, 15) is 4.79 Å². The maximum Gasteiger partial charge on any atom is 0.319 e. The molecule has 0 aliphatic carbocycles. The summed E-state index contributed by atoms with van der Waals surface area (Å²) >= 11 is 0. The van der Waals surface area contributed by atoms with Crippen LogP contribution in [0.5, 0.6) is 11.5 Å². The van der Waals surface area contributed by atoms with E-state index in [0.717, 1.165) is 16.8 Å². The molecule has 2 aromatic heterocycles. The van der Waals surface area contributed by atoms with Gasteiger partial charge in [-0.2, -0.15) is 0 Å². The van der Waals surface area contributed by atoms with Gasteiger partial charge in [0.2, 0.25) is 6.79 Å². The number of benzene rings is 1. The predicted molar refractivity (Wildman–Crippen MR) is 90.4 cm³/mol. The van der Waals surface area contributed by atoms with E-state index in [4.69, 9.17) is 13.9 Å². The van der Waals surface area contributed by atoms with Crippen molar-refractivity contribution in [1.82, 2.24) is 10.3 Å². The second kappa shape index (κ2) is 6.56. The number of hydrogen-bond acceptors (Lipinski definition) is 5. The first-order valence-corrected chi connectivity index (χ1v) is 7.70. The average molecular weight is 337 g/mol. The zero-order valence-electron chi connectivity index (χ0n) is 13.2. The second-order valence-corrected chi connectivity index (χ2v) is 5.44. The quantitative estimate of drug-likeness (QED) is 0.762. The second-order valence-electron chi connectivity index (χ2n) is 5.44. The lowest BCUT2D eigenvalue weighted by molar-refractivity contribution is 0.174. The summed E-state index contributed by atoms with van der Waals surface area (Å²) in [4.78, 5) is 16.4. The fourth-order valence-corrected chi connectivity index (χ4v) is 2.44. The maximum absolute atomic E-state index is 12.0. The number of nitrogens with zero attached hydrogens (tertiary/aromatic N) is 1. The van der Waals surface area contributed by atoms with Crippen molar-refractivity contribution in [3.8, 4) is 22.8 Å². The number of rotatable bonds is 4. The summed E-state index contributed by atoms with van der Waals surface area (Å²) < 4.78 is 15.6. The van der Waals surface area contributed by atoms with Gasteiger partial charge in [-0.3, -0.25) is 4.98 Å². The van der Waals surface area contributed by atoms with Gasteiger partial charge in [-0.15, -0.1) is 0 Å². The summed E-state index contributed by atoms with van der Waals surface area (Å²) in [6, 6.07) is 10.6. The minimum absolute atomic E-state index is 0.201. The zero-order valence-corrected chi connectivity index (χ0v) is 13.2. The summed E-state index contributed by atoms with van der Waals surface area (Å²) in [5.41, 5.74) is 3.27. The Balaban J connectivity index is 1.32. The van der Waals surface area contributed by atoms with Crippen molar-refractivity contribution >= 4 is 11.7 Å². The monoisotopic (exact) mass is 337 g/mol. The maximum atomic E-state index is 12.0. The van der Waals surface area contributed by atoms with Crippen LogP contribution in [0.3, 0.4) is 0 Å². The number of aromatic nitrogens is 1. The lowest BCUT2D eigenvalue weighted by Crippen LogP contribution is -2.28. The highest BCUT2D eigenvalue weighted by Crippen LogP contribution is 2.34. The summed E-state index contributed by atoms with van der Waals surface area (Å²) in [5.74, 6) is 1.30. The fraction of sp³-hybridized carbons (Fsp3) is 0.111. The highest BCUT2D eigenvalue weighted by molar-refractivity contribution is 5.89. The van der Waals surface area contributed by atoms with Gasteiger partial charge in [0.05, 0.1) is 18.2 Å². The molecule has 0 atom stereocenters. The molecular formula is C18H15N3O4. The Hall–Kier alpha value is -3.48. The van der Waals surface area contributed by atoms with E-state index in [1.54, 1.807) is 36.9 Å². The molecule has 25 heavy (non-hydrogen) atoms. The molecule has 0 fully saturated rings. The number of carbonyl (C=O) groups is 1. The van der Waals surface area contributed by atoms with Gasteiger partial charge in [0.15, 0.2) is 11.5 Å². The molecule has 3 heterocycles. The lowest BCUT2D eigenvalue weighted by Gasteiger charge is -2.08. The summed E-state index contributed by atoms with van der Waals surface area (Å²) in [6.45, 7) is 0.571. The highest BCUT2D eigenvalue weighted by Gasteiger charge is 2.14.